The van der Waals surface area contributed by atoms with Crippen molar-refractivity contribution in [2.75, 3.05) is 0 Å². The van der Waals surface area contributed by atoms with Gasteiger partial charge in [-0.1, -0.05) is 41.5 Å². The molecule has 0 unspecified atom stereocenters. The highest BCUT2D eigenvalue weighted by Crippen LogP contribution is 2.43. The fourth-order valence-electron chi connectivity index (χ4n) is 2.75. The van der Waals surface area contributed by atoms with Gasteiger partial charge in [-0.15, -0.1) is 0 Å². The van der Waals surface area contributed by atoms with Crippen LogP contribution in [0, 0.1) is 0 Å². The molecule has 0 aromatic carbocycles. The number of aliphatic hydroxyl groups excluding tert-OH is 1. The van der Waals surface area contributed by atoms with E-state index in [0.717, 1.165) is 24.8 Å². The Morgan fingerprint density at radius 2 is 1.16 bits per heavy atom. The van der Waals surface area contributed by atoms with E-state index in [1.165, 1.54) is 0 Å². The van der Waals surface area contributed by atoms with E-state index in [1.807, 2.05) is 0 Å². The van der Waals surface area contributed by atoms with Crippen molar-refractivity contribution in [2.24, 2.45) is 0 Å². The van der Waals surface area contributed by atoms with Crippen LogP contribution in [0.3, 0.4) is 0 Å². The summed E-state index contributed by atoms with van der Waals surface area (Å²) in [5, 5.41) is 10.5. The van der Waals surface area contributed by atoms with Crippen LogP contribution in [0.2, 0.25) is 36.3 Å². The Hall–Kier alpha value is -0.106. The third kappa shape index (κ3) is 5.94. The van der Waals surface area contributed by atoms with Crippen molar-refractivity contribution in [1.29, 1.82) is 0 Å². The second-order valence-corrected chi connectivity index (χ2v) is 20.3. The lowest BCUT2D eigenvalue weighted by Crippen LogP contribution is -2.49. The fourth-order valence-corrected chi connectivity index (χ4v) is 5.49. The van der Waals surface area contributed by atoms with Crippen molar-refractivity contribution in [3.63, 3.8) is 0 Å². The molecule has 0 bridgehead atoms. The van der Waals surface area contributed by atoms with Crippen LogP contribution in [-0.4, -0.2) is 33.9 Å². The Bertz CT molecular complexity index is 454. The van der Waals surface area contributed by atoms with Crippen molar-refractivity contribution in [1.82, 2.24) is 0 Å². The lowest BCUT2D eigenvalue weighted by atomic mass is 9.90. The largest absolute Gasteiger partial charge is 0.513 e. The molecule has 0 aromatic heterocycles. The SMILES string of the molecule is CC(O)=C1C[C@@H](O[Si](C)(C)C(C)(C)C)C[C@H](O[Si](C)(C)C(C)(C)C)C1. The first-order valence-electron chi connectivity index (χ1n) is 9.69. The molecule has 0 aliphatic heterocycles. The number of hydrogen-bond acceptors (Lipinski definition) is 3. The summed E-state index contributed by atoms with van der Waals surface area (Å²) in [7, 11) is -3.66. The summed E-state index contributed by atoms with van der Waals surface area (Å²) < 4.78 is 13.4. The van der Waals surface area contributed by atoms with Crippen molar-refractivity contribution < 1.29 is 14.0 Å². The van der Waals surface area contributed by atoms with Gasteiger partial charge in [0.2, 0.25) is 0 Å². The molecule has 5 heteroatoms. The zero-order valence-electron chi connectivity index (χ0n) is 18.5. The van der Waals surface area contributed by atoms with E-state index in [9.17, 15) is 5.11 Å². The van der Waals surface area contributed by atoms with E-state index < -0.39 is 16.6 Å². The number of rotatable bonds is 4. The lowest BCUT2D eigenvalue weighted by molar-refractivity contribution is 0.0702. The average molecular weight is 387 g/mol. The molecular weight excluding hydrogens is 344 g/mol. The number of hydrogen-bond donors (Lipinski definition) is 1. The van der Waals surface area contributed by atoms with E-state index >= 15 is 0 Å². The van der Waals surface area contributed by atoms with Crippen LogP contribution in [-0.2, 0) is 8.85 Å². The summed E-state index contributed by atoms with van der Waals surface area (Å²) in [4.78, 5) is 0. The normalized spacial score (nSPS) is 23.7. The monoisotopic (exact) mass is 386 g/mol. The zero-order valence-corrected chi connectivity index (χ0v) is 20.5. The third-order valence-electron chi connectivity index (χ3n) is 6.52. The smallest absolute Gasteiger partial charge is 0.192 e. The number of allylic oxidation sites excluding steroid dienone is 1. The van der Waals surface area contributed by atoms with Gasteiger partial charge in [0.15, 0.2) is 16.6 Å². The second kappa shape index (κ2) is 7.49. The molecule has 25 heavy (non-hydrogen) atoms. The minimum atomic E-state index is -1.83. The predicted octanol–water partition coefficient (Wildman–Crippen LogP) is 6.78. The highest BCUT2D eigenvalue weighted by atomic mass is 28.4. The van der Waals surface area contributed by atoms with Crippen LogP contribution in [0.1, 0.15) is 67.7 Å². The van der Waals surface area contributed by atoms with Crippen molar-refractivity contribution in [3.8, 4) is 0 Å². The molecule has 3 nitrogen and oxygen atoms in total. The molecule has 0 amide bonds. The summed E-state index contributed by atoms with van der Waals surface area (Å²) >= 11 is 0. The van der Waals surface area contributed by atoms with Crippen LogP contribution in [0.4, 0.5) is 0 Å². The average Bonchev–Trinajstić information content (AvgIpc) is 2.34. The molecule has 0 aromatic rings. The molecule has 1 N–H and O–H groups in total. The molecule has 0 heterocycles. The molecular formula is C20H42O3Si2. The minimum Gasteiger partial charge on any atom is -0.513 e. The van der Waals surface area contributed by atoms with Crippen LogP contribution < -0.4 is 0 Å². The fraction of sp³-hybridized carbons (Fsp3) is 0.900. The summed E-state index contributed by atoms with van der Waals surface area (Å²) in [5.41, 5.74) is 1.11. The number of aliphatic hydroxyl groups is 1. The predicted molar refractivity (Wildman–Crippen MR) is 113 cm³/mol. The zero-order chi connectivity index (χ0) is 19.8. The van der Waals surface area contributed by atoms with Gasteiger partial charge in [0, 0.05) is 0 Å². The molecule has 2 atom stereocenters. The van der Waals surface area contributed by atoms with Crippen molar-refractivity contribution >= 4 is 16.6 Å². The maximum Gasteiger partial charge on any atom is 0.192 e. The van der Waals surface area contributed by atoms with Crippen LogP contribution >= 0.6 is 0 Å². The summed E-state index contributed by atoms with van der Waals surface area (Å²) in [6, 6.07) is 0. The maximum atomic E-state index is 10.1. The molecule has 0 saturated heterocycles. The molecule has 1 rings (SSSR count). The van der Waals surface area contributed by atoms with Gasteiger partial charge in [-0.25, -0.2) is 0 Å². The minimum absolute atomic E-state index is 0.154. The Morgan fingerprint density at radius 1 is 0.840 bits per heavy atom. The molecule has 1 aliphatic carbocycles. The first-order chi connectivity index (χ1) is 11.0. The Morgan fingerprint density at radius 3 is 1.40 bits per heavy atom. The Labute approximate surface area is 158 Å². The van der Waals surface area contributed by atoms with Crippen LogP contribution in [0.5, 0.6) is 0 Å². The lowest BCUT2D eigenvalue weighted by Gasteiger charge is -2.45. The summed E-state index contributed by atoms with van der Waals surface area (Å²) in [6.45, 7) is 24.7. The van der Waals surface area contributed by atoms with E-state index in [0.29, 0.717) is 5.76 Å². The van der Waals surface area contributed by atoms with Crippen molar-refractivity contribution in [3.05, 3.63) is 11.3 Å². The van der Waals surface area contributed by atoms with E-state index in [4.69, 9.17) is 8.85 Å². The Kier molecular flexibility index (Phi) is 6.87. The van der Waals surface area contributed by atoms with Crippen LogP contribution in [0.15, 0.2) is 11.3 Å². The Balaban J connectivity index is 2.98. The van der Waals surface area contributed by atoms with Gasteiger partial charge in [-0.2, -0.15) is 0 Å². The van der Waals surface area contributed by atoms with Gasteiger partial charge in [0.1, 0.15) is 0 Å². The molecule has 1 saturated carbocycles. The van der Waals surface area contributed by atoms with Crippen LogP contribution in [0.25, 0.3) is 0 Å². The molecule has 1 fully saturated rings. The first kappa shape index (κ1) is 22.9. The van der Waals surface area contributed by atoms with Gasteiger partial charge in [0.05, 0.1) is 18.0 Å². The summed E-state index contributed by atoms with van der Waals surface area (Å²) in [6.07, 6.45) is 2.93. The van der Waals surface area contributed by atoms with E-state index in [-0.39, 0.29) is 22.3 Å². The van der Waals surface area contributed by atoms with Gasteiger partial charge < -0.3 is 14.0 Å². The molecule has 148 valence electrons. The first-order valence-corrected chi connectivity index (χ1v) is 15.5. The van der Waals surface area contributed by atoms with Gasteiger partial charge >= 0.3 is 0 Å². The standard InChI is InChI=1S/C20H42O3Si2/c1-15(21)16-12-17(22-24(8,9)19(2,3)4)14-18(13-16)23-25(10,11)20(5,6)7/h17-18,21H,12-14H2,1-11H3/t17-,18-/m1/s1. The maximum absolute atomic E-state index is 10.1. The molecule has 1 aliphatic rings. The van der Waals surface area contributed by atoms with E-state index in [1.54, 1.807) is 6.92 Å². The van der Waals surface area contributed by atoms with Gasteiger partial charge in [-0.05, 0) is 68.0 Å². The van der Waals surface area contributed by atoms with Crippen molar-refractivity contribution in [2.45, 2.75) is 116 Å². The van der Waals surface area contributed by atoms with Gasteiger partial charge in [-0.3, -0.25) is 0 Å². The molecule has 0 spiro atoms. The van der Waals surface area contributed by atoms with E-state index in [2.05, 4.69) is 67.7 Å². The topological polar surface area (TPSA) is 38.7 Å². The molecule has 0 radical (unpaired) electrons. The van der Waals surface area contributed by atoms with Gasteiger partial charge in [0.25, 0.3) is 0 Å². The highest BCUT2D eigenvalue weighted by molar-refractivity contribution is 6.74. The highest BCUT2D eigenvalue weighted by Gasteiger charge is 2.43. The summed E-state index contributed by atoms with van der Waals surface area (Å²) in [5.74, 6) is 0.451. The second-order valence-electron chi connectivity index (χ2n) is 10.8. The third-order valence-corrected chi connectivity index (χ3v) is 15.6. The quantitative estimate of drug-likeness (QED) is 0.427.